The van der Waals surface area contributed by atoms with Crippen LogP contribution >= 0.6 is 11.6 Å². The second-order valence-corrected chi connectivity index (χ2v) is 6.71. The third-order valence-electron chi connectivity index (χ3n) is 3.02. The highest BCUT2D eigenvalue weighted by Crippen LogP contribution is 2.23. The first-order valence-electron chi connectivity index (χ1n) is 6.32. The number of methoxy groups -OCH3 is 1. The van der Waals surface area contributed by atoms with Crippen molar-refractivity contribution in [1.82, 2.24) is 4.72 Å². The Morgan fingerprint density at radius 2 is 1.90 bits per heavy atom. The first-order chi connectivity index (χ1) is 9.94. The molecular weight excluding hydrogens is 310 g/mol. The minimum absolute atomic E-state index is 0.0738. The molecule has 0 saturated heterocycles. The van der Waals surface area contributed by atoms with E-state index in [1.165, 1.54) is 6.07 Å². The Morgan fingerprint density at radius 3 is 2.57 bits per heavy atom. The Labute approximate surface area is 129 Å². The number of halogens is 1. The molecule has 4 nitrogen and oxygen atoms in total. The minimum Gasteiger partial charge on any atom is -0.496 e. The number of sulfonamides is 1. The zero-order chi connectivity index (χ0) is 15.5. The van der Waals surface area contributed by atoms with Crippen LogP contribution in [0.3, 0.4) is 0 Å². The predicted octanol–water partition coefficient (Wildman–Crippen LogP) is 3.14. The highest BCUT2D eigenvalue weighted by atomic mass is 35.5. The highest BCUT2D eigenvalue weighted by Gasteiger charge is 2.18. The molecule has 0 saturated carbocycles. The van der Waals surface area contributed by atoms with Gasteiger partial charge in [0, 0.05) is 12.1 Å². The van der Waals surface area contributed by atoms with Gasteiger partial charge < -0.3 is 4.74 Å². The van der Waals surface area contributed by atoms with Gasteiger partial charge in [0.25, 0.3) is 0 Å². The van der Waals surface area contributed by atoms with E-state index in [0.29, 0.717) is 5.75 Å². The van der Waals surface area contributed by atoms with E-state index in [4.69, 9.17) is 16.3 Å². The summed E-state index contributed by atoms with van der Waals surface area (Å²) >= 11 is 6.01. The van der Waals surface area contributed by atoms with E-state index >= 15 is 0 Å². The largest absolute Gasteiger partial charge is 0.496 e. The number of ether oxygens (including phenoxy) is 1. The summed E-state index contributed by atoms with van der Waals surface area (Å²) < 4.78 is 32.3. The number of para-hydroxylation sites is 1. The minimum atomic E-state index is -3.67. The molecule has 0 aliphatic rings. The lowest BCUT2D eigenvalue weighted by molar-refractivity contribution is 0.409. The summed E-state index contributed by atoms with van der Waals surface area (Å²) in [5.74, 6) is 0.634. The molecule has 0 bridgehead atoms. The molecule has 2 rings (SSSR count). The lowest BCUT2D eigenvalue weighted by Gasteiger charge is -2.11. The highest BCUT2D eigenvalue weighted by molar-refractivity contribution is 7.89. The number of nitrogens with one attached hydrogen (secondary N) is 1. The fourth-order valence-electron chi connectivity index (χ4n) is 1.92. The van der Waals surface area contributed by atoms with Crippen LogP contribution in [0.2, 0.25) is 5.02 Å². The summed E-state index contributed by atoms with van der Waals surface area (Å²) in [5, 5.41) is 0.211. The van der Waals surface area contributed by atoms with Gasteiger partial charge in [-0.05, 0) is 30.7 Å². The van der Waals surface area contributed by atoms with Gasteiger partial charge in [-0.3, -0.25) is 0 Å². The molecule has 2 aromatic carbocycles. The van der Waals surface area contributed by atoms with Gasteiger partial charge >= 0.3 is 0 Å². The maximum Gasteiger partial charge on any atom is 0.242 e. The molecule has 0 atom stereocenters. The zero-order valence-electron chi connectivity index (χ0n) is 11.8. The van der Waals surface area contributed by atoms with Crippen molar-refractivity contribution >= 4 is 21.6 Å². The van der Waals surface area contributed by atoms with Crippen molar-refractivity contribution < 1.29 is 13.2 Å². The molecule has 0 aliphatic carbocycles. The molecule has 6 heteroatoms. The number of hydrogen-bond acceptors (Lipinski definition) is 3. The summed E-state index contributed by atoms with van der Waals surface area (Å²) in [5.41, 5.74) is 1.66. The van der Waals surface area contributed by atoms with Crippen LogP contribution in [0.15, 0.2) is 47.4 Å². The molecule has 0 heterocycles. The molecule has 21 heavy (non-hydrogen) atoms. The van der Waals surface area contributed by atoms with E-state index < -0.39 is 10.0 Å². The van der Waals surface area contributed by atoms with Crippen molar-refractivity contribution in [3.8, 4) is 5.75 Å². The standard InChI is InChI=1S/C15H16ClNO3S/c1-11-7-8-15(13(16)9-11)21(18,19)17-10-12-5-3-4-6-14(12)20-2/h3-9,17H,10H2,1-2H3. The number of hydrogen-bond donors (Lipinski definition) is 1. The maximum atomic E-state index is 12.3. The van der Waals surface area contributed by atoms with Crippen molar-refractivity contribution in [1.29, 1.82) is 0 Å². The van der Waals surface area contributed by atoms with E-state index in [2.05, 4.69) is 4.72 Å². The van der Waals surface area contributed by atoms with Gasteiger partial charge in [-0.15, -0.1) is 0 Å². The molecule has 0 aliphatic heterocycles. The first-order valence-corrected chi connectivity index (χ1v) is 8.18. The van der Waals surface area contributed by atoms with E-state index in [9.17, 15) is 8.42 Å². The Kier molecular flexibility index (Phi) is 4.88. The van der Waals surface area contributed by atoms with Gasteiger partial charge in [0.05, 0.1) is 12.1 Å². The first kappa shape index (κ1) is 15.8. The molecule has 2 aromatic rings. The third-order valence-corrected chi connectivity index (χ3v) is 4.91. The number of aryl methyl sites for hydroxylation is 1. The predicted molar refractivity (Wildman–Crippen MR) is 83.2 cm³/mol. The lowest BCUT2D eigenvalue weighted by atomic mass is 10.2. The van der Waals surface area contributed by atoms with Gasteiger partial charge in [0.1, 0.15) is 10.6 Å². The topological polar surface area (TPSA) is 55.4 Å². The normalized spacial score (nSPS) is 11.4. The fourth-order valence-corrected chi connectivity index (χ4v) is 3.53. The van der Waals surface area contributed by atoms with Crippen molar-refractivity contribution in [2.24, 2.45) is 0 Å². The molecule has 112 valence electrons. The van der Waals surface area contributed by atoms with Gasteiger partial charge in [-0.1, -0.05) is 35.9 Å². The smallest absolute Gasteiger partial charge is 0.242 e. The van der Waals surface area contributed by atoms with Crippen molar-refractivity contribution in [2.45, 2.75) is 18.4 Å². The molecule has 0 aromatic heterocycles. The molecule has 0 unspecified atom stereocenters. The summed E-state index contributed by atoms with van der Waals surface area (Å²) in [4.78, 5) is 0.0738. The Morgan fingerprint density at radius 1 is 1.19 bits per heavy atom. The van der Waals surface area contributed by atoms with Crippen molar-refractivity contribution in [3.63, 3.8) is 0 Å². The summed E-state index contributed by atoms with van der Waals surface area (Å²) in [6.07, 6.45) is 0. The van der Waals surface area contributed by atoms with Crippen LogP contribution in [0.25, 0.3) is 0 Å². The maximum absolute atomic E-state index is 12.3. The van der Waals surface area contributed by atoms with E-state index in [0.717, 1.165) is 11.1 Å². The average molecular weight is 326 g/mol. The van der Waals surface area contributed by atoms with Crippen LogP contribution in [0, 0.1) is 6.92 Å². The van der Waals surface area contributed by atoms with Gasteiger partial charge in [0.2, 0.25) is 10.0 Å². The molecule has 0 fully saturated rings. The average Bonchev–Trinajstić information content (AvgIpc) is 2.45. The van der Waals surface area contributed by atoms with Crippen molar-refractivity contribution in [2.75, 3.05) is 7.11 Å². The molecule has 0 spiro atoms. The van der Waals surface area contributed by atoms with E-state index in [1.54, 1.807) is 31.4 Å². The van der Waals surface area contributed by atoms with Crippen molar-refractivity contribution in [3.05, 3.63) is 58.6 Å². The summed E-state index contributed by atoms with van der Waals surface area (Å²) in [6, 6.07) is 12.1. The summed E-state index contributed by atoms with van der Waals surface area (Å²) in [6.45, 7) is 1.99. The second-order valence-electron chi connectivity index (χ2n) is 4.57. The van der Waals surface area contributed by atoms with Gasteiger partial charge in [-0.25, -0.2) is 13.1 Å². The third kappa shape index (κ3) is 3.75. The number of benzene rings is 2. The van der Waals surface area contributed by atoms with Crippen LogP contribution in [0.4, 0.5) is 0 Å². The Hall–Kier alpha value is -1.56. The van der Waals surface area contributed by atoms with Crippen LogP contribution in [-0.4, -0.2) is 15.5 Å². The van der Waals surface area contributed by atoms with E-state index in [-0.39, 0.29) is 16.5 Å². The van der Waals surface area contributed by atoms with Crippen LogP contribution in [0.5, 0.6) is 5.75 Å². The molecular formula is C15H16ClNO3S. The molecule has 1 N–H and O–H groups in total. The van der Waals surface area contributed by atoms with Crippen LogP contribution in [0.1, 0.15) is 11.1 Å². The van der Waals surface area contributed by atoms with Gasteiger partial charge in [-0.2, -0.15) is 0 Å². The second kappa shape index (κ2) is 6.47. The molecule has 0 amide bonds. The fraction of sp³-hybridized carbons (Fsp3) is 0.200. The summed E-state index contributed by atoms with van der Waals surface area (Å²) in [7, 11) is -2.12. The van der Waals surface area contributed by atoms with E-state index in [1.807, 2.05) is 19.1 Å². The molecule has 0 radical (unpaired) electrons. The SMILES string of the molecule is COc1ccccc1CNS(=O)(=O)c1ccc(C)cc1Cl. The number of rotatable bonds is 5. The Balaban J connectivity index is 2.22. The van der Waals surface area contributed by atoms with Crippen LogP contribution in [-0.2, 0) is 16.6 Å². The quantitative estimate of drug-likeness (QED) is 0.918. The lowest BCUT2D eigenvalue weighted by Crippen LogP contribution is -2.23. The monoisotopic (exact) mass is 325 g/mol. The Bertz CT molecular complexity index is 744. The van der Waals surface area contributed by atoms with Gasteiger partial charge in [0.15, 0.2) is 0 Å². The van der Waals surface area contributed by atoms with Crippen LogP contribution < -0.4 is 9.46 Å². The zero-order valence-corrected chi connectivity index (χ0v) is 13.3.